The van der Waals surface area contributed by atoms with E-state index in [1.165, 1.54) is 17.3 Å². The summed E-state index contributed by atoms with van der Waals surface area (Å²) in [5, 5.41) is 12.1. The molecule has 0 saturated heterocycles. The van der Waals surface area contributed by atoms with Crippen molar-refractivity contribution in [1.29, 1.82) is 0 Å². The van der Waals surface area contributed by atoms with Gasteiger partial charge in [0.2, 0.25) is 0 Å². The molecular weight excluding hydrogens is 153 g/mol. The highest BCUT2D eigenvalue weighted by molar-refractivity contribution is 5.72. The number of carboxylic acids is 1. The Morgan fingerprint density at radius 3 is 3.00 bits per heavy atom. The minimum atomic E-state index is -1.04. The van der Waals surface area contributed by atoms with Crippen molar-refractivity contribution in [1.82, 2.24) is 14.8 Å². The summed E-state index contributed by atoms with van der Waals surface area (Å²) < 4.78 is 1.37. The highest BCUT2D eigenvalue weighted by Crippen LogP contribution is 1.85. The molecule has 1 heterocycles. The van der Waals surface area contributed by atoms with Crippen LogP contribution in [-0.2, 0) is 11.3 Å². The quantitative estimate of drug-likeness (QED) is 0.574. The van der Waals surface area contributed by atoms with Crippen molar-refractivity contribution in [3.63, 3.8) is 0 Å². The minimum absolute atomic E-state index is 0.148. The zero-order chi connectivity index (χ0) is 8.27. The molecule has 0 amide bonds. The van der Waals surface area contributed by atoms with Crippen molar-refractivity contribution >= 4 is 5.97 Å². The molecule has 0 aliphatic carbocycles. The van der Waals surface area contributed by atoms with Gasteiger partial charge in [0.1, 0.15) is 18.7 Å². The number of rotatable bonds is 3. The number of hydrogen-bond donors (Lipinski definition) is 2. The van der Waals surface area contributed by atoms with Crippen molar-refractivity contribution < 1.29 is 9.90 Å². The van der Waals surface area contributed by atoms with E-state index in [0.717, 1.165) is 0 Å². The number of aliphatic carboxylic acids is 1. The van der Waals surface area contributed by atoms with E-state index in [2.05, 4.69) is 10.1 Å². The minimum Gasteiger partial charge on any atom is -0.480 e. The molecule has 1 atom stereocenters. The first-order chi connectivity index (χ1) is 5.20. The molecule has 1 aromatic rings. The highest BCUT2D eigenvalue weighted by atomic mass is 16.4. The molecule has 1 unspecified atom stereocenters. The lowest BCUT2D eigenvalue weighted by atomic mass is 10.3. The standard InChI is InChI=1S/C5H8N4O2/c6-4(5(10)11)1-9-3-7-2-8-9/h2-4H,1,6H2,(H,10,11)/i2+1,3+1,7+1,8+1,9+1. The third-order valence-corrected chi connectivity index (χ3v) is 1.17. The zero-order valence-corrected chi connectivity index (χ0v) is 5.71. The molecule has 1 aromatic heterocycles. The van der Waals surface area contributed by atoms with Crippen LogP contribution in [0.25, 0.3) is 0 Å². The molecule has 0 fully saturated rings. The van der Waals surface area contributed by atoms with Crippen molar-refractivity contribution in [2.45, 2.75) is 12.6 Å². The predicted octanol–water partition coefficient (Wildman–Crippen LogP) is -1.31. The Hall–Kier alpha value is -1.43. The van der Waals surface area contributed by atoms with Crippen LogP contribution in [0.5, 0.6) is 0 Å². The second kappa shape index (κ2) is 3.11. The van der Waals surface area contributed by atoms with E-state index in [1.807, 2.05) is 0 Å². The molecule has 0 bridgehead atoms. The molecular formula is C5H8N4O2. The summed E-state index contributed by atoms with van der Waals surface area (Å²) in [6, 6.07) is -0.920. The van der Waals surface area contributed by atoms with Gasteiger partial charge in [0, 0.05) is 0 Å². The highest BCUT2D eigenvalue weighted by Gasteiger charge is 2.11. The van der Waals surface area contributed by atoms with Crippen LogP contribution in [0.2, 0.25) is 0 Å². The summed E-state index contributed by atoms with van der Waals surface area (Å²) >= 11 is 0. The van der Waals surface area contributed by atoms with Gasteiger partial charge in [-0.05, 0) is 0 Å². The lowest BCUT2D eigenvalue weighted by Crippen LogP contribution is -2.34. The van der Waals surface area contributed by atoms with Crippen molar-refractivity contribution in [2.75, 3.05) is 0 Å². The van der Waals surface area contributed by atoms with Gasteiger partial charge < -0.3 is 10.8 Å². The van der Waals surface area contributed by atoms with Crippen LogP contribution in [0, 0.1) is 0 Å². The van der Waals surface area contributed by atoms with Crippen LogP contribution < -0.4 is 5.73 Å². The number of hydrogen-bond acceptors (Lipinski definition) is 4. The fourth-order valence-corrected chi connectivity index (χ4v) is 0.607. The van der Waals surface area contributed by atoms with Crippen LogP contribution in [0.4, 0.5) is 0 Å². The second-order valence-corrected chi connectivity index (χ2v) is 2.06. The Balaban J connectivity index is 2.50. The molecule has 0 saturated carbocycles. The first-order valence-corrected chi connectivity index (χ1v) is 3.01. The summed E-state index contributed by atoms with van der Waals surface area (Å²) in [5.41, 5.74) is 5.22. The Bertz CT molecular complexity index is 233. The van der Waals surface area contributed by atoms with Gasteiger partial charge in [-0.1, -0.05) is 0 Å². The van der Waals surface area contributed by atoms with Gasteiger partial charge in [0.25, 0.3) is 0 Å². The average molecular weight is 161 g/mol. The number of nitrogens with two attached hydrogens (primary N) is 1. The first kappa shape index (κ1) is 7.67. The Morgan fingerprint density at radius 1 is 1.82 bits per heavy atom. The fourth-order valence-electron chi connectivity index (χ4n) is 0.607. The van der Waals surface area contributed by atoms with E-state index in [-0.39, 0.29) is 6.54 Å². The van der Waals surface area contributed by atoms with Crippen molar-refractivity contribution in [2.24, 2.45) is 5.73 Å². The molecule has 11 heavy (non-hydrogen) atoms. The van der Waals surface area contributed by atoms with Gasteiger partial charge >= 0.3 is 5.97 Å². The lowest BCUT2D eigenvalue weighted by molar-refractivity contribution is -0.138. The van der Waals surface area contributed by atoms with E-state index in [9.17, 15) is 4.79 Å². The van der Waals surface area contributed by atoms with E-state index in [0.29, 0.717) is 0 Å². The van der Waals surface area contributed by atoms with Gasteiger partial charge in [0.05, 0.1) is 6.54 Å². The van der Waals surface area contributed by atoms with Crippen LogP contribution in [0.1, 0.15) is 0 Å². The van der Waals surface area contributed by atoms with Crippen LogP contribution in [0.15, 0.2) is 12.7 Å². The van der Waals surface area contributed by atoms with Gasteiger partial charge in [-0.15, -0.1) is 0 Å². The zero-order valence-electron chi connectivity index (χ0n) is 5.71. The average Bonchev–Trinajstić information content (AvgIpc) is 2.39. The molecule has 1 rings (SSSR count). The number of carboxylic acid groups (broad SMARTS) is 1. The van der Waals surface area contributed by atoms with E-state index >= 15 is 0 Å². The third-order valence-electron chi connectivity index (χ3n) is 1.17. The third kappa shape index (κ3) is 2.01. The fraction of sp³-hybridized carbons (Fsp3) is 0.400. The predicted molar refractivity (Wildman–Crippen MR) is 35.6 cm³/mol. The van der Waals surface area contributed by atoms with Gasteiger partial charge in [-0.25, -0.2) is 4.98 Å². The normalized spacial score (nSPS) is 12.8. The lowest BCUT2D eigenvalue weighted by Gasteiger charge is -2.04. The molecule has 0 aliphatic heterocycles. The molecule has 6 nitrogen and oxygen atoms in total. The second-order valence-electron chi connectivity index (χ2n) is 2.06. The van der Waals surface area contributed by atoms with Gasteiger partial charge in [0.15, 0.2) is 0 Å². The molecule has 0 aromatic carbocycles. The van der Waals surface area contributed by atoms with E-state index in [4.69, 9.17) is 10.8 Å². The van der Waals surface area contributed by atoms with Gasteiger partial charge in [-0.2, -0.15) is 5.10 Å². The molecule has 3 N–H and O–H groups in total. The topological polar surface area (TPSA) is 94.0 Å². The largest absolute Gasteiger partial charge is 0.480 e. The summed E-state index contributed by atoms with van der Waals surface area (Å²) in [6.45, 7) is 0.148. The maximum absolute atomic E-state index is 10.2. The van der Waals surface area contributed by atoms with Crippen LogP contribution >= 0.6 is 0 Å². The summed E-state index contributed by atoms with van der Waals surface area (Å²) in [6.07, 6.45) is 2.75. The molecule has 60 valence electrons. The van der Waals surface area contributed by atoms with Crippen LogP contribution in [0.3, 0.4) is 0 Å². The Kier molecular flexibility index (Phi) is 2.17. The summed E-state index contributed by atoms with van der Waals surface area (Å²) in [7, 11) is 0. The SMILES string of the molecule is NC(C[15n]1[13cH][15n][13cH][15n]1)C(=O)O. The Labute approximate surface area is 62.6 Å². The van der Waals surface area contributed by atoms with E-state index < -0.39 is 12.0 Å². The number of carbonyl (C=O) groups is 1. The van der Waals surface area contributed by atoms with Gasteiger partial charge in [-0.3, -0.25) is 9.48 Å². The van der Waals surface area contributed by atoms with E-state index in [1.54, 1.807) is 0 Å². The number of aromatic nitrogens is 3. The monoisotopic (exact) mass is 161 g/mol. The molecule has 0 radical (unpaired) electrons. The van der Waals surface area contributed by atoms with Crippen molar-refractivity contribution in [3.8, 4) is 0 Å². The van der Waals surface area contributed by atoms with Crippen LogP contribution in [-0.4, -0.2) is 31.9 Å². The summed E-state index contributed by atoms with van der Waals surface area (Å²) in [5.74, 6) is -1.04. The first-order valence-electron chi connectivity index (χ1n) is 3.01. The molecule has 0 spiro atoms. The number of nitrogens with zero attached hydrogens (tertiary/aromatic N) is 3. The summed E-state index contributed by atoms with van der Waals surface area (Å²) in [4.78, 5) is 13.9. The smallest absolute Gasteiger partial charge is 0.322 e. The molecule has 0 aliphatic rings. The Morgan fingerprint density at radius 2 is 2.55 bits per heavy atom. The van der Waals surface area contributed by atoms with Crippen molar-refractivity contribution in [3.05, 3.63) is 12.7 Å². The maximum Gasteiger partial charge on any atom is 0.322 e. The molecule has 6 heteroatoms. The maximum atomic E-state index is 10.2.